The van der Waals surface area contributed by atoms with Gasteiger partial charge in [-0.15, -0.1) is 0 Å². The number of hydrogen-bond donors (Lipinski definition) is 6. The van der Waals surface area contributed by atoms with E-state index in [4.69, 9.17) is 5.73 Å². The standard InChI is InChI=1S/C20H32N6O6/c1-3-11(2)16(21)18(29)25-14(9-27)19(30)26-6-4-5-15(26)17(28)24-13(20(31)32)7-12-8-22-10-23-12/h8,10-11,13-16,27H,3-7,9,21H2,1-2H3,(H,22,23)(H,24,28)(H,25,29)(H,31,32). The molecule has 12 heteroatoms. The summed E-state index contributed by atoms with van der Waals surface area (Å²) in [4.78, 5) is 57.6. The Kier molecular flexibility index (Phi) is 9.14. The highest BCUT2D eigenvalue weighted by atomic mass is 16.4. The topological polar surface area (TPSA) is 191 Å². The van der Waals surface area contributed by atoms with E-state index in [1.165, 1.54) is 17.4 Å². The third-order valence-electron chi connectivity index (χ3n) is 5.79. The van der Waals surface area contributed by atoms with Gasteiger partial charge < -0.3 is 36.5 Å². The molecule has 2 rings (SSSR count). The second-order valence-electron chi connectivity index (χ2n) is 8.03. The molecule has 5 unspecified atom stereocenters. The van der Waals surface area contributed by atoms with Gasteiger partial charge in [0.25, 0.3) is 0 Å². The molecule has 12 nitrogen and oxygen atoms in total. The lowest BCUT2D eigenvalue weighted by atomic mass is 9.99. The molecule has 7 N–H and O–H groups in total. The molecule has 1 aromatic heterocycles. The number of amides is 3. The van der Waals surface area contributed by atoms with Crippen molar-refractivity contribution in [3.8, 4) is 0 Å². The van der Waals surface area contributed by atoms with Crippen molar-refractivity contribution in [2.75, 3.05) is 13.2 Å². The number of aliphatic hydroxyl groups is 1. The Hall–Kier alpha value is -2.99. The SMILES string of the molecule is CCC(C)C(N)C(=O)NC(CO)C(=O)N1CCCC1C(=O)NC(Cc1cnc[nH]1)C(=O)O. The van der Waals surface area contributed by atoms with Crippen molar-refractivity contribution in [3.05, 3.63) is 18.2 Å². The van der Waals surface area contributed by atoms with Crippen LogP contribution in [0.15, 0.2) is 12.5 Å². The second kappa shape index (κ2) is 11.6. The fourth-order valence-electron chi connectivity index (χ4n) is 3.55. The number of H-pyrrole nitrogens is 1. The summed E-state index contributed by atoms with van der Waals surface area (Å²) < 4.78 is 0. The first-order valence-corrected chi connectivity index (χ1v) is 10.7. The van der Waals surface area contributed by atoms with Gasteiger partial charge in [0.1, 0.15) is 18.1 Å². The normalized spacial score (nSPS) is 19.6. The number of likely N-dealkylation sites (tertiary alicyclic amines) is 1. The molecular weight excluding hydrogens is 420 g/mol. The maximum atomic E-state index is 13.0. The van der Waals surface area contributed by atoms with Crippen molar-refractivity contribution in [3.63, 3.8) is 0 Å². The lowest BCUT2D eigenvalue weighted by Crippen LogP contribution is -2.58. The van der Waals surface area contributed by atoms with E-state index < -0.39 is 54.5 Å². The monoisotopic (exact) mass is 452 g/mol. The molecule has 1 fully saturated rings. The summed E-state index contributed by atoms with van der Waals surface area (Å²) in [6, 6.07) is -4.19. The van der Waals surface area contributed by atoms with Gasteiger partial charge in [-0.25, -0.2) is 9.78 Å². The highest BCUT2D eigenvalue weighted by Crippen LogP contribution is 2.19. The number of aliphatic carboxylic acids is 1. The molecule has 1 aromatic rings. The van der Waals surface area contributed by atoms with Gasteiger partial charge in [-0.05, 0) is 18.8 Å². The first-order chi connectivity index (χ1) is 15.2. The lowest BCUT2D eigenvalue weighted by molar-refractivity contribution is -0.145. The van der Waals surface area contributed by atoms with Crippen molar-refractivity contribution in [2.45, 2.75) is 63.7 Å². The summed E-state index contributed by atoms with van der Waals surface area (Å²) in [5.74, 6) is -3.12. The Labute approximate surface area is 185 Å². The van der Waals surface area contributed by atoms with E-state index in [0.29, 0.717) is 25.0 Å². The number of carbonyl (C=O) groups excluding carboxylic acids is 3. The highest BCUT2D eigenvalue weighted by Gasteiger charge is 2.39. The molecule has 3 amide bonds. The zero-order valence-corrected chi connectivity index (χ0v) is 18.3. The van der Waals surface area contributed by atoms with E-state index in [-0.39, 0.29) is 18.9 Å². The maximum absolute atomic E-state index is 13.0. The van der Waals surface area contributed by atoms with E-state index in [0.717, 1.165) is 0 Å². The summed E-state index contributed by atoms with van der Waals surface area (Å²) >= 11 is 0. The number of hydrogen-bond acceptors (Lipinski definition) is 7. The summed E-state index contributed by atoms with van der Waals surface area (Å²) in [7, 11) is 0. The van der Waals surface area contributed by atoms with Gasteiger partial charge in [-0.2, -0.15) is 0 Å². The Balaban J connectivity index is 2.05. The van der Waals surface area contributed by atoms with Gasteiger partial charge in [0.05, 0.1) is 19.0 Å². The zero-order valence-electron chi connectivity index (χ0n) is 18.3. The number of rotatable bonds is 11. The summed E-state index contributed by atoms with van der Waals surface area (Å²) in [5.41, 5.74) is 6.44. The first kappa shape index (κ1) is 25.3. The molecule has 0 bridgehead atoms. The van der Waals surface area contributed by atoms with Crippen LogP contribution in [0.1, 0.15) is 38.8 Å². The Morgan fingerprint density at radius 1 is 1.31 bits per heavy atom. The molecule has 32 heavy (non-hydrogen) atoms. The minimum atomic E-state index is -1.24. The lowest BCUT2D eigenvalue weighted by Gasteiger charge is -2.29. The Morgan fingerprint density at radius 3 is 2.59 bits per heavy atom. The van der Waals surface area contributed by atoms with Gasteiger partial charge >= 0.3 is 5.97 Å². The van der Waals surface area contributed by atoms with Crippen LogP contribution in [0.3, 0.4) is 0 Å². The molecular formula is C20H32N6O6. The van der Waals surface area contributed by atoms with Crippen LogP contribution >= 0.6 is 0 Å². The minimum absolute atomic E-state index is 0.00453. The smallest absolute Gasteiger partial charge is 0.326 e. The number of imidazole rings is 1. The molecule has 0 aromatic carbocycles. The van der Waals surface area contributed by atoms with E-state index >= 15 is 0 Å². The van der Waals surface area contributed by atoms with Crippen LogP contribution in [-0.4, -0.2) is 86.1 Å². The molecule has 2 heterocycles. The van der Waals surface area contributed by atoms with Crippen molar-refractivity contribution in [1.82, 2.24) is 25.5 Å². The molecule has 0 aliphatic carbocycles. The van der Waals surface area contributed by atoms with Gasteiger partial charge in [-0.1, -0.05) is 20.3 Å². The van der Waals surface area contributed by atoms with E-state index in [1.807, 2.05) is 13.8 Å². The molecule has 178 valence electrons. The minimum Gasteiger partial charge on any atom is -0.480 e. The fraction of sp³-hybridized carbons (Fsp3) is 0.650. The summed E-state index contributed by atoms with van der Waals surface area (Å²) in [6.07, 6.45) is 4.41. The van der Waals surface area contributed by atoms with Crippen LogP contribution in [0.2, 0.25) is 0 Å². The van der Waals surface area contributed by atoms with Crippen molar-refractivity contribution < 1.29 is 29.4 Å². The average Bonchev–Trinajstić information content (AvgIpc) is 3.47. The van der Waals surface area contributed by atoms with Gasteiger partial charge in [0, 0.05) is 24.9 Å². The first-order valence-electron chi connectivity index (χ1n) is 10.7. The molecule has 0 saturated carbocycles. The number of carboxylic acid groups (broad SMARTS) is 1. The van der Waals surface area contributed by atoms with Crippen LogP contribution in [0.4, 0.5) is 0 Å². The van der Waals surface area contributed by atoms with Crippen molar-refractivity contribution >= 4 is 23.7 Å². The average molecular weight is 453 g/mol. The number of nitrogens with two attached hydrogens (primary N) is 1. The van der Waals surface area contributed by atoms with E-state index in [2.05, 4.69) is 20.6 Å². The number of nitrogens with zero attached hydrogens (tertiary/aromatic N) is 2. The van der Waals surface area contributed by atoms with E-state index in [1.54, 1.807) is 0 Å². The molecule has 1 saturated heterocycles. The summed E-state index contributed by atoms with van der Waals surface area (Å²) in [5, 5.41) is 24.1. The Morgan fingerprint density at radius 2 is 2.03 bits per heavy atom. The predicted molar refractivity (Wildman–Crippen MR) is 113 cm³/mol. The van der Waals surface area contributed by atoms with Crippen LogP contribution in [0.5, 0.6) is 0 Å². The highest BCUT2D eigenvalue weighted by molar-refractivity contribution is 5.94. The maximum Gasteiger partial charge on any atom is 0.326 e. The number of aliphatic hydroxyl groups excluding tert-OH is 1. The molecule has 0 spiro atoms. The van der Waals surface area contributed by atoms with E-state index in [9.17, 15) is 29.4 Å². The molecule has 1 aliphatic rings. The van der Waals surface area contributed by atoms with Crippen LogP contribution in [0.25, 0.3) is 0 Å². The molecule has 5 atom stereocenters. The largest absolute Gasteiger partial charge is 0.480 e. The Bertz CT molecular complexity index is 801. The van der Waals surface area contributed by atoms with Crippen molar-refractivity contribution in [1.29, 1.82) is 0 Å². The van der Waals surface area contributed by atoms with Crippen molar-refractivity contribution in [2.24, 2.45) is 11.7 Å². The number of carbonyl (C=O) groups is 4. The number of aromatic amines is 1. The van der Waals surface area contributed by atoms with Gasteiger partial charge in [0.2, 0.25) is 17.7 Å². The number of aromatic nitrogens is 2. The van der Waals surface area contributed by atoms with Gasteiger partial charge in [0.15, 0.2) is 0 Å². The van der Waals surface area contributed by atoms with Crippen LogP contribution in [0, 0.1) is 5.92 Å². The zero-order chi connectivity index (χ0) is 23.8. The number of carboxylic acids is 1. The predicted octanol–water partition coefficient (Wildman–Crippen LogP) is -1.64. The third-order valence-corrected chi connectivity index (χ3v) is 5.79. The fourth-order valence-corrected chi connectivity index (χ4v) is 3.55. The summed E-state index contributed by atoms with van der Waals surface area (Å²) in [6.45, 7) is 3.29. The third kappa shape index (κ3) is 6.26. The number of nitrogens with one attached hydrogen (secondary N) is 3. The second-order valence-corrected chi connectivity index (χ2v) is 8.03. The van der Waals surface area contributed by atoms with Crippen LogP contribution < -0.4 is 16.4 Å². The molecule has 0 radical (unpaired) electrons. The van der Waals surface area contributed by atoms with Crippen LogP contribution in [-0.2, 0) is 25.6 Å². The van der Waals surface area contributed by atoms with Gasteiger partial charge in [-0.3, -0.25) is 14.4 Å². The molecule has 1 aliphatic heterocycles. The quantitative estimate of drug-likeness (QED) is 0.230.